The molecule has 2 aromatic carbocycles. The molecule has 2 aromatic rings. The van der Waals surface area contributed by atoms with E-state index in [0.29, 0.717) is 0 Å². The van der Waals surface area contributed by atoms with E-state index >= 15 is 0 Å². The van der Waals surface area contributed by atoms with Crippen molar-refractivity contribution < 1.29 is 0 Å². The summed E-state index contributed by atoms with van der Waals surface area (Å²) in [6.45, 7) is 13.9. The fraction of sp³-hybridized carbons (Fsp3) is 0.464. The molecule has 1 fully saturated rings. The van der Waals surface area contributed by atoms with Crippen molar-refractivity contribution in [1.29, 1.82) is 0 Å². The second kappa shape index (κ2) is 13.7. The first-order valence-corrected chi connectivity index (χ1v) is 14.3. The van der Waals surface area contributed by atoms with Gasteiger partial charge in [0.05, 0.1) is 0 Å². The number of hydrogen-bond acceptors (Lipinski definition) is 3. The summed E-state index contributed by atoms with van der Waals surface area (Å²) < 4.78 is 1.11. The third-order valence-corrected chi connectivity index (χ3v) is 8.31. The van der Waals surface area contributed by atoms with Crippen molar-refractivity contribution in [2.24, 2.45) is 4.99 Å². The zero-order valence-corrected chi connectivity index (χ0v) is 23.9. The zero-order chi connectivity index (χ0) is 24.5. The largest absolute Gasteiger partial charge is 0.357 e. The summed E-state index contributed by atoms with van der Waals surface area (Å²) in [6.07, 6.45) is 5.61. The Balaban J connectivity index is 1.80. The van der Waals surface area contributed by atoms with Crippen molar-refractivity contribution in [3.05, 3.63) is 74.1 Å². The van der Waals surface area contributed by atoms with Crippen LogP contribution >= 0.6 is 39.3 Å². The average molecular weight is 563 g/mol. The second-order valence-electron chi connectivity index (χ2n) is 8.79. The second-order valence-corrected chi connectivity index (χ2v) is 11.1. The van der Waals surface area contributed by atoms with Crippen LogP contribution in [0.2, 0.25) is 5.02 Å². The van der Waals surface area contributed by atoms with E-state index in [9.17, 15) is 0 Å². The van der Waals surface area contributed by atoms with Gasteiger partial charge in [-0.1, -0.05) is 58.0 Å². The average Bonchev–Trinajstić information content (AvgIpc) is 3.33. The number of thioether (sulfide) groups is 1. The first-order valence-electron chi connectivity index (χ1n) is 12.3. The van der Waals surface area contributed by atoms with Crippen molar-refractivity contribution >= 4 is 45.1 Å². The van der Waals surface area contributed by atoms with Crippen molar-refractivity contribution in [3.8, 4) is 0 Å². The molecular weight excluding hydrogens is 526 g/mol. The normalized spacial score (nSPS) is 14.6. The Labute approximate surface area is 223 Å². The summed E-state index contributed by atoms with van der Waals surface area (Å²) in [5.74, 6) is 1.05. The van der Waals surface area contributed by atoms with Gasteiger partial charge in [0.25, 0.3) is 0 Å². The van der Waals surface area contributed by atoms with Gasteiger partial charge < -0.3 is 9.80 Å². The molecule has 6 heteroatoms. The molecule has 0 spiro atoms. The Kier molecular flexibility index (Phi) is 11.0. The van der Waals surface area contributed by atoms with Gasteiger partial charge in [0, 0.05) is 40.1 Å². The lowest BCUT2D eigenvalue weighted by Gasteiger charge is -2.27. The highest BCUT2D eigenvalue weighted by molar-refractivity contribution is 9.10. The molecule has 3 rings (SSSR count). The summed E-state index contributed by atoms with van der Waals surface area (Å²) in [5.41, 5.74) is 4.91. The molecule has 0 N–H and O–H groups in total. The fourth-order valence-electron chi connectivity index (χ4n) is 4.86. The van der Waals surface area contributed by atoms with Gasteiger partial charge in [-0.15, -0.1) is 0 Å². The number of halogens is 2. The molecule has 0 unspecified atom stereocenters. The van der Waals surface area contributed by atoms with Crippen LogP contribution in [0.25, 0.3) is 0 Å². The van der Waals surface area contributed by atoms with Crippen LogP contribution < -0.4 is 0 Å². The molecule has 0 aromatic heterocycles. The maximum atomic E-state index is 6.79. The summed E-state index contributed by atoms with van der Waals surface area (Å²) >= 11 is 12.2. The van der Waals surface area contributed by atoms with Crippen LogP contribution in [-0.4, -0.2) is 55.4 Å². The van der Waals surface area contributed by atoms with Crippen LogP contribution in [-0.2, 0) is 12.8 Å². The number of rotatable bonds is 11. The Morgan fingerprint density at radius 2 is 2.03 bits per heavy atom. The smallest absolute Gasteiger partial charge is 0.130 e. The van der Waals surface area contributed by atoms with Gasteiger partial charge in [0.1, 0.15) is 5.84 Å². The van der Waals surface area contributed by atoms with E-state index in [2.05, 4.69) is 64.4 Å². The van der Waals surface area contributed by atoms with Crippen molar-refractivity contribution in [2.45, 2.75) is 50.8 Å². The van der Waals surface area contributed by atoms with E-state index in [1.807, 2.05) is 24.6 Å². The molecule has 0 amide bonds. The van der Waals surface area contributed by atoms with E-state index in [1.54, 1.807) is 11.8 Å². The number of benzene rings is 2. The molecule has 1 aliphatic heterocycles. The summed E-state index contributed by atoms with van der Waals surface area (Å²) in [4.78, 5) is 11.0. The lowest BCUT2D eigenvalue weighted by Crippen LogP contribution is -2.35. The lowest BCUT2D eigenvalue weighted by atomic mass is 9.97. The highest BCUT2D eigenvalue weighted by Gasteiger charge is 2.19. The quantitative estimate of drug-likeness (QED) is 0.159. The number of aryl methyl sites for hydroxylation is 2. The molecule has 34 heavy (non-hydrogen) atoms. The predicted molar refractivity (Wildman–Crippen MR) is 154 cm³/mol. The summed E-state index contributed by atoms with van der Waals surface area (Å²) in [6, 6.07) is 10.6. The molecule has 0 aliphatic carbocycles. The number of amidine groups is 1. The third kappa shape index (κ3) is 7.13. The van der Waals surface area contributed by atoms with E-state index in [0.717, 1.165) is 53.2 Å². The Bertz CT molecular complexity index is 1000. The Morgan fingerprint density at radius 3 is 2.71 bits per heavy atom. The molecule has 0 atom stereocenters. The molecule has 0 radical (unpaired) electrons. The van der Waals surface area contributed by atoms with Crippen LogP contribution in [0.1, 0.15) is 48.4 Å². The molecule has 1 heterocycles. The van der Waals surface area contributed by atoms with Gasteiger partial charge in [-0.25, -0.2) is 0 Å². The van der Waals surface area contributed by atoms with Crippen LogP contribution in [0.5, 0.6) is 0 Å². The molecular formula is C28H37BrClN3S. The highest BCUT2D eigenvalue weighted by atomic mass is 79.9. The molecule has 1 aliphatic rings. The first kappa shape index (κ1) is 27.3. The van der Waals surface area contributed by atoms with Crippen LogP contribution in [0.3, 0.4) is 0 Å². The van der Waals surface area contributed by atoms with Crippen LogP contribution in [0, 0.1) is 6.92 Å². The molecule has 0 bridgehead atoms. The Morgan fingerprint density at radius 1 is 1.26 bits per heavy atom. The monoisotopic (exact) mass is 561 g/mol. The number of nitrogens with zero attached hydrogens (tertiary/aromatic N) is 3. The van der Waals surface area contributed by atoms with E-state index in [-0.39, 0.29) is 0 Å². The number of hydrogen-bond donors (Lipinski definition) is 0. The van der Waals surface area contributed by atoms with Gasteiger partial charge in [-0.2, -0.15) is 0 Å². The van der Waals surface area contributed by atoms with Crippen molar-refractivity contribution in [1.82, 2.24) is 9.80 Å². The zero-order valence-electron chi connectivity index (χ0n) is 20.7. The minimum Gasteiger partial charge on any atom is -0.357 e. The van der Waals surface area contributed by atoms with E-state index < -0.39 is 0 Å². The maximum Gasteiger partial charge on any atom is 0.130 e. The highest BCUT2D eigenvalue weighted by Crippen LogP contribution is 2.32. The van der Waals surface area contributed by atoms with Crippen LogP contribution in [0.4, 0.5) is 0 Å². The standard InChI is InChI=1S/C28H37BrClN3S/c1-5-33(18-10-17-32-15-7-8-16-32)28(31-4)25-11-9-12-26(30)24(25)14-13-22-20-23(29)19-21(3)27(22)34-6-2/h6,9,11-12,19-20H,2,5,7-8,10,13-18H2,1,3-4H3. The molecule has 184 valence electrons. The Hall–Kier alpha value is -1.27. The summed E-state index contributed by atoms with van der Waals surface area (Å²) in [7, 11) is 1.90. The fourth-order valence-corrected chi connectivity index (χ4v) is 6.47. The topological polar surface area (TPSA) is 18.8 Å². The van der Waals surface area contributed by atoms with Gasteiger partial charge in [0.15, 0.2) is 0 Å². The van der Waals surface area contributed by atoms with Gasteiger partial charge in [0.2, 0.25) is 0 Å². The molecule has 1 saturated heterocycles. The van der Waals surface area contributed by atoms with E-state index in [1.165, 1.54) is 54.1 Å². The molecule has 0 saturated carbocycles. The molecule has 3 nitrogen and oxygen atoms in total. The minimum atomic E-state index is 0.816. The van der Waals surface area contributed by atoms with Crippen molar-refractivity contribution in [2.75, 3.05) is 39.8 Å². The van der Waals surface area contributed by atoms with E-state index in [4.69, 9.17) is 16.6 Å². The van der Waals surface area contributed by atoms with Gasteiger partial charge in [-0.3, -0.25) is 4.99 Å². The van der Waals surface area contributed by atoms with Gasteiger partial charge >= 0.3 is 0 Å². The summed E-state index contributed by atoms with van der Waals surface area (Å²) in [5, 5.41) is 2.72. The lowest BCUT2D eigenvalue weighted by molar-refractivity contribution is 0.310. The first-order chi connectivity index (χ1) is 16.5. The predicted octanol–water partition coefficient (Wildman–Crippen LogP) is 7.62. The minimum absolute atomic E-state index is 0.816. The number of aliphatic imine (C=N–C) groups is 1. The van der Waals surface area contributed by atoms with Gasteiger partial charge in [-0.05, 0) is 106 Å². The third-order valence-electron chi connectivity index (χ3n) is 6.52. The SMILES string of the molecule is C=CSc1c(C)cc(Br)cc1CCc1c(Cl)cccc1C(=NC)N(CC)CCCN1CCCC1. The number of likely N-dealkylation sites (tertiary alicyclic amines) is 1. The van der Waals surface area contributed by atoms with Crippen molar-refractivity contribution in [3.63, 3.8) is 0 Å². The maximum absolute atomic E-state index is 6.79. The van der Waals surface area contributed by atoms with Crippen LogP contribution in [0.15, 0.2) is 56.7 Å².